The first-order valence-corrected chi connectivity index (χ1v) is 14.8. The fourth-order valence-corrected chi connectivity index (χ4v) is 5.94. The SMILES string of the molecule is CC(C)(C)OC1CNC(C)(C(=O)N(c2ccc(C(C)(C)C)cc2)C(C(=O)NC2CCCCC2)c2cccnc2)C1. The van der Waals surface area contributed by atoms with Gasteiger partial charge in [0.15, 0.2) is 0 Å². The van der Waals surface area contributed by atoms with Crippen molar-refractivity contribution in [3.63, 3.8) is 0 Å². The fourth-order valence-electron chi connectivity index (χ4n) is 5.94. The molecule has 3 atom stereocenters. The van der Waals surface area contributed by atoms with E-state index in [4.69, 9.17) is 4.74 Å². The van der Waals surface area contributed by atoms with Crippen molar-refractivity contribution < 1.29 is 14.3 Å². The van der Waals surface area contributed by atoms with Crippen LogP contribution in [0.4, 0.5) is 5.69 Å². The molecule has 2 aliphatic rings. The van der Waals surface area contributed by atoms with Crippen LogP contribution in [-0.4, -0.2) is 46.6 Å². The Morgan fingerprint density at radius 3 is 2.30 bits per heavy atom. The number of hydrogen-bond acceptors (Lipinski definition) is 5. The Kier molecular flexibility index (Phi) is 9.05. The average Bonchev–Trinajstić information content (AvgIpc) is 3.27. The molecule has 0 spiro atoms. The molecular formula is C33H48N4O3. The van der Waals surface area contributed by atoms with Crippen LogP contribution in [0.25, 0.3) is 0 Å². The Hall–Kier alpha value is -2.77. The molecule has 7 heteroatoms. The Morgan fingerprint density at radius 1 is 1.05 bits per heavy atom. The molecule has 2 aromatic rings. The molecular weight excluding hydrogens is 500 g/mol. The van der Waals surface area contributed by atoms with Gasteiger partial charge in [0, 0.05) is 42.7 Å². The normalized spacial score (nSPS) is 23.0. The van der Waals surface area contributed by atoms with E-state index in [0.717, 1.165) is 31.2 Å². The zero-order chi connectivity index (χ0) is 29.1. The summed E-state index contributed by atoms with van der Waals surface area (Å²) < 4.78 is 6.25. The number of rotatable bonds is 7. The molecule has 0 radical (unpaired) electrons. The lowest BCUT2D eigenvalue weighted by atomic mass is 9.87. The average molecular weight is 549 g/mol. The lowest BCUT2D eigenvalue weighted by Gasteiger charge is -2.38. The third-order valence-corrected chi connectivity index (χ3v) is 8.04. The number of nitrogens with one attached hydrogen (secondary N) is 2. The van der Waals surface area contributed by atoms with Crippen LogP contribution in [0.15, 0.2) is 48.8 Å². The van der Waals surface area contributed by atoms with Crippen molar-refractivity contribution in [3.05, 3.63) is 59.9 Å². The first kappa shape index (κ1) is 30.2. The highest BCUT2D eigenvalue weighted by molar-refractivity contribution is 6.05. The standard InChI is InChI=1S/C33H48N4O3/c1-31(2,3)24-15-17-26(18-16-24)37(30(39)33(7)20-27(22-35-33)40-32(4,5)6)28(23-12-11-19-34-21-23)29(38)36-25-13-9-8-10-14-25/h11-12,15-19,21,25,27-28,35H,8-10,13-14,20,22H2,1-7H3,(H,36,38). The summed E-state index contributed by atoms with van der Waals surface area (Å²) in [5.74, 6) is -0.319. The van der Waals surface area contributed by atoms with Gasteiger partial charge in [0.2, 0.25) is 11.8 Å². The molecule has 1 aromatic carbocycles. The summed E-state index contributed by atoms with van der Waals surface area (Å²) in [4.78, 5) is 34.8. The predicted molar refractivity (Wildman–Crippen MR) is 160 cm³/mol. The summed E-state index contributed by atoms with van der Waals surface area (Å²) in [7, 11) is 0. The molecule has 2 N–H and O–H groups in total. The maximum Gasteiger partial charge on any atom is 0.248 e. The molecule has 1 aliphatic heterocycles. The second kappa shape index (κ2) is 12.0. The molecule has 2 fully saturated rings. The van der Waals surface area contributed by atoms with Crippen LogP contribution in [0, 0.1) is 0 Å². The summed E-state index contributed by atoms with van der Waals surface area (Å²) in [6.07, 6.45) is 9.15. The van der Waals surface area contributed by atoms with Gasteiger partial charge in [0.05, 0.1) is 17.2 Å². The van der Waals surface area contributed by atoms with Gasteiger partial charge < -0.3 is 15.4 Å². The minimum Gasteiger partial charge on any atom is -0.371 e. The van der Waals surface area contributed by atoms with Crippen molar-refractivity contribution in [1.82, 2.24) is 15.6 Å². The maximum atomic E-state index is 14.7. The van der Waals surface area contributed by atoms with E-state index in [1.54, 1.807) is 17.3 Å². The number of benzene rings is 1. The topological polar surface area (TPSA) is 83.6 Å². The first-order valence-electron chi connectivity index (χ1n) is 14.8. The highest BCUT2D eigenvalue weighted by Gasteiger charge is 2.48. The van der Waals surface area contributed by atoms with E-state index in [1.807, 2.05) is 52.0 Å². The Balaban J connectivity index is 1.75. The molecule has 7 nitrogen and oxygen atoms in total. The van der Waals surface area contributed by atoms with Crippen LogP contribution in [0.1, 0.15) is 104 Å². The first-order chi connectivity index (χ1) is 18.8. The van der Waals surface area contributed by atoms with E-state index in [2.05, 4.69) is 48.5 Å². The number of hydrogen-bond donors (Lipinski definition) is 2. The molecule has 2 heterocycles. The Morgan fingerprint density at radius 2 is 1.73 bits per heavy atom. The van der Waals surface area contributed by atoms with Crippen LogP contribution in [0.2, 0.25) is 0 Å². The number of carbonyl (C=O) groups is 2. The monoisotopic (exact) mass is 548 g/mol. The van der Waals surface area contributed by atoms with Crippen molar-refractivity contribution in [3.8, 4) is 0 Å². The van der Waals surface area contributed by atoms with E-state index >= 15 is 0 Å². The Bertz CT molecular complexity index is 1150. The number of nitrogens with zero attached hydrogens (tertiary/aromatic N) is 2. The van der Waals surface area contributed by atoms with Gasteiger partial charge in [-0.15, -0.1) is 0 Å². The number of anilines is 1. The fraction of sp³-hybridized carbons (Fsp3) is 0.606. The van der Waals surface area contributed by atoms with Crippen molar-refractivity contribution in [2.24, 2.45) is 0 Å². The minimum absolute atomic E-state index is 0.0367. The lowest BCUT2D eigenvalue weighted by molar-refractivity contribution is -0.130. The summed E-state index contributed by atoms with van der Waals surface area (Å²) in [6.45, 7) is 15.1. The van der Waals surface area contributed by atoms with Crippen molar-refractivity contribution in [1.29, 1.82) is 0 Å². The quantitative estimate of drug-likeness (QED) is 0.454. The molecule has 4 rings (SSSR count). The zero-order valence-corrected chi connectivity index (χ0v) is 25.4. The summed E-state index contributed by atoms with van der Waals surface area (Å²) in [5, 5.41) is 6.75. The number of pyridine rings is 1. The Labute approximate surface area is 240 Å². The third kappa shape index (κ3) is 7.29. The maximum absolute atomic E-state index is 14.7. The summed E-state index contributed by atoms with van der Waals surface area (Å²) in [6, 6.07) is 11.0. The van der Waals surface area contributed by atoms with E-state index in [-0.39, 0.29) is 35.0 Å². The smallest absolute Gasteiger partial charge is 0.248 e. The highest BCUT2D eigenvalue weighted by atomic mass is 16.5. The molecule has 218 valence electrons. The van der Waals surface area contributed by atoms with Gasteiger partial charge in [-0.05, 0) is 69.7 Å². The minimum atomic E-state index is -0.899. The van der Waals surface area contributed by atoms with Gasteiger partial charge in [0.25, 0.3) is 0 Å². The largest absolute Gasteiger partial charge is 0.371 e. The van der Waals surface area contributed by atoms with Crippen LogP contribution in [0.5, 0.6) is 0 Å². The van der Waals surface area contributed by atoms with Gasteiger partial charge in [0.1, 0.15) is 6.04 Å². The van der Waals surface area contributed by atoms with Gasteiger partial charge in [-0.25, -0.2) is 0 Å². The number of amides is 2. The van der Waals surface area contributed by atoms with E-state index in [1.165, 1.54) is 6.42 Å². The molecule has 0 bridgehead atoms. The van der Waals surface area contributed by atoms with Crippen molar-refractivity contribution >= 4 is 17.5 Å². The molecule has 1 aromatic heterocycles. The van der Waals surface area contributed by atoms with Crippen LogP contribution >= 0.6 is 0 Å². The van der Waals surface area contributed by atoms with Gasteiger partial charge in [-0.2, -0.15) is 0 Å². The highest BCUT2D eigenvalue weighted by Crippen LogP contribution is 2.35. The molecule has 2 amide bonds. The van der Waals surface area contributed by atoms with Gasteiger partial charge >= 0.3 is 0 Å². The molecule has 1 saturated carbocycles. The van der Waals surface area contributed by atoms with Gasteiger partial charge in [-0.1, -0.05) is 58.2 Å². The molecule has 1 saturated heterocycles. The van der Waals surface area contributed by atoms with E-state index in [9.17, 15) is 9.59 Å². The molecule has 1 aliphatic carbocycles. The molecule has 3 unspecified atom stereocenters. The number of ether oxygens (including phenoxy) is 1. The van der Waals surface area contributed by atoms with Crippen molar-refractivity contribution in [2.45, 2.75) is 122 Å². The number of carbonyl (C=O) groups excluding carboxylic acids is 2. The van der Waals surface area contributed by atoms with Crippen LogP contribution in [0.3, 0.4) is 0 Å². The molecule has 40 heavy (non-hydrogen) atoms. The second-order valence-electron chi connectivity index (χ2n) is 13.8. The summed E-state index contributed by atoms with van der Waals surface area (Å²) in [5.41, 5.74) is 1.29. The van der Waals surface area contributed by atoms with Crippen LogP contribution < -0.4 is 15.5 Å². The van der Waals surface area contributed by atoms with E-state index in [0.29, 0.717) is 24.2 Å². The third-order valence-electron chi connectivity index (χ3n) is 8.04. The zero-order valence-electron chi connectivity index (χ0n) is 25.4. The lowest BCUT2D eigenvalue weighted by Crippen LogP contribution is -2.57. The van der Waals surface area contributed by atoms with E-state index < -0.39 is 11.6 Å². The van der Waals surface area contributed by atoms with Gasteiger partial charge in [-0.3, -0.25) is 19.5 Å². The second-order valence-corrected chi connectivity index (χ2v) is 13.8. The number of aromatic nitrogens is 1. The predicted octanol–water partition coefficient (Wildman–Crippen LogP) is 5.84. The van der Waals surface area contributed by atoms with Crippen molar-refractivity contribution in [2.75, 3.05) is 11.4 Å². The summed E-state index contributed by atoms with van der Waals surface area (Å²) >= 11 is 0. The van der Waals surface area contributed by atoms with Crippen LogP contribution in [-0.2, 0) is 19.7 Å².